The molecule has 0 fully saturated rings. The lowest BCUT2D eigenvalue weighted by atomic mass is 10.1. The average Bonchev–Trinajstić information content (AvgIpc) is 2.89. The molecule has 3 heteroatoms. The summed E-state index contributed by atoms with van der Waals surface area (Å²) in [4.78, 5) is 4.61. The first-order valence-electron chi connectivity index (χ1n) is 6.25. The molecule has 0 aliphatic carbocycles. The van der Waals surface area contributed by atoms with Gasteiger partial charge in [-0.1, -0.05) is 60.2 Å². The molecule has 0 bridgehead atoms. The summed E-state index contributed by atoms with van der Waals surface area (Å²) in [6.07, 6.45) is 0.795. The van der Waals surface area contributed by atoms with E-state index in [1.807, 2.05) is 18.2 Å². The highest BCUT2D eigenvalue weighted by Gasteiger charge is 2.06. The molecule has 0 saturated carbocycles. The second-order valence-electron chi connectivity index (χ2n) is 4.54. The summed E-state index contributed by atoms with van der Waals surface area (Å²) in [5.41, 5.74) is 3.65. The van der Waals surface area contributed by atoms with Crippen molar-refractivity contribution in [1.82, 2.24) is 9.36 Å². The van der Waals surface area contributed by atoms with E-state index in [9.17, 15) is 0 Å². The van der Waals surface area contributed by atoms with Crippen molar-refractivity contribution in [3.05, 3.63) is 71.5 Å². The van der Waals surface area contributed by atoms with Gasteiger partial charge in [0.25, 0.3) is 0 Å². The van der Waals surface area contributed by atoms with Crippen LogP contribution < -0.4 is 0 Å². The molecule has 0 N–H and O–H groups in total. The van der Waals surface area contributed by atoms with E-state index in [0.29, 0.717) is 0 Å². The third kappa shape index (κ3) is 2.88. The van der Waals surface area contributed by atoms with E-state index in [4.69, 9.17) is 0 Å². The summed E-state index contributed by atoms with van der Waals surface area (Å²) < 4.78 is 4.44. The summed E-state index contributed by atoms with van der Waals surface area (Å²) in [5, 5.41) is 0.992. The van der Waals surface area contributed by atoms with Crippen molar-refractivity contribution in [3.8, 4) is 10.6 Å². The molecule has 1 aromatic heterocycles. The first-order valence-corrected chi connectivity index (χ1v) is 7.02. The van der Waals surface area contributed by atoms with E-state index in [2.05, 4.69) is 52.7 Å². The number of aromatic nitrogens is 2. The summed E-state index contributed by atoms with van der Waals surface area (Å²) in [6, 6.07) is 18.7. The third-order valence-electron chi connectivity index (χ3n) is 2.97. The van der Waals surface area contributed by atoms with Gasteiger partial charge in [0.15, 0.2) is 0 Å². The highest BCUT2D eigenvalue weighted by molar-refractivity contribution is 7.09. The van der Waals surface area contributed by atoms with Gasteiger partial charge in [0.2, 0.25) is 0 Å². The van der Waals surface area contributed by atoms with Crippen molar-refractivity contribution in [1.29, 1.82) is 0 Å². The third-order valence-corrected chi connectivity index (χ3v) is 3.77. The zero-order valence-electron chi connectivity index (χ0n) is 10.7. The summed E-state index contributed by atoms with van der Waals surface area (Å²) >= 11 is 1.47. The van der Waals surface area contributed by atoms with Crippen LogP contribution in [-0.2, 0) is 6.42 Å². The quantitative estimate of drug-likeness (QED) is 0.713. The zero-order valence-corrected chi connectivity index (χ0v) is 11.5. The minimum Gasteiger partial charge on any atom is -0.219 e. The second-order valence-corrected chi connectivity index (χ2v) is 5.30. The van der Waals surface area contributed by atoms with Crippen LogP contribution in [0.5, 0.6) is 0 Å². The lowest BCUT2D eigenvalue weighted by Crippen LogP contribution is -1.90. The fraction of sp³-hybridized carbons (Fsp3) is 0.125. The smallest absolute Gasteiger partial charge is 0.147 e. The van der Waals surface area contributed by atoms with E-state index in [0.717, 1.165) is 22.8 Å². The Bertz CT molecular complexity index is 657. The molecule has 2 nitrogen and oxygen atoms in total. The molecule has 1 heterocycles. The molecular weight excluding hydrogens is 252 g/mol. The van der Waals surface area contributed by atoms with Crippen LogP contribution in [0, 0.1) is 6.92 Å². The van der Waals surface area contributed by atoms with Crippen LogP contribution in [0.4, 0.5) is 0 Å². The predicted octanol–water partition coefficient (Wildman–Crippen LogP) is 4.10. The molecule has 2 aromatic carbocycles. The molecule has 3 aromatic rings. The Hall–Kier alpha value is -2.00. The summed E-state index contributed by atoms with van der Waals surface area (Å²) in [5.74, 6) is 0.895. The molecule has 0 spiro atoms. The number of hydrogen-bond acceptors (Lipinski definition) is 3. The van der Waals surface area contributed by atoms with Gasteiger partial charge in [-0.2, -0.15) is 4.37 Å². The van der Waals surface area contributed by atoms with Crippen LogP contribution in [0.1, 0.15) is 17.0 Å². The SMILES string of the molecule is Cc1ccc(-c2nc(Cc3ccccc3)ns2)cc1. The van der Waals surface area contributed by atoms with Crippen LogP contribution in [-0.4, -0.2) is 9.36 Å². The minimum atomic E-state index is 0.795. The van der Waals surface area contributed by atoms with Gasteiger partial charge >= 0.3 is 0 Å². The molecule has 0 aliphatic rings. The second kappa shape index (κ2) is 5.33. The van der Waals surface area contributed by atoms with Crippen molar-refractivity contribution in [2.75, 3.05) is 0 Å². The molecule has 0 unspecified atom stereocenters. The molecule has 0 aliphatic heterocycles. The lowest BCUT2D eigenvalue weighted by molar-refractivity contribution is 1.04. The van der Waals surface area contributed by atoms with Crippen LogP contribution in [0.2, 0.25) is 0 Å². The Labute approximate surface area is 116 Å². The van der Waals surface area contributed by atoms with Gasteiger partial charge in [0, 0.05) is 12.0 Å². The van der Waals surface area contributed by atoms with Crippen molar-refractivity contribution in [2.45, 2.75) is 13.3 Å². The molecule has 0 saturated heterocycles. The molecule has 3 rings (SSSR count). The number of nitrogens with zero attached hydrogens (tertiary/aromatic N) is 2. The van der Waals surface area contributed by atoms with Gasteiger partial charge < -0.3 is 0 Å². The van der Waals surface area contributed by atoms with Crippen LogP contribution in [0.25, 0.3) is 10.6 Å². The first-order chi connectivity index (χ1) is 9.31. The van der Waals surface area contributed by atoms with E-state index in [-0.39, 0.29) is 0 Å². The maximum atomic E-state index is 4.61. The molecule has 0 atom stereocenters. The Morgan fingerprint density at radius 2 is 1.68 bits per heavy atom. The maximum absolute atomic E-state index is 4.61. The van der Waals surface area contributed by atoms with Crippen molar-refractivity contribution in [3.63, 3.8) is 0 Å². The van der Waals surface area contributed by atoms with Gasteiger partial charge in [-0.3, -0.25) is 0 Å². The van der Waals surface area contributed by atoms with E-state index in [1.165, 1.54) is 22.7 Å². The lowest BCUT2D eigenvalue weighted by Gasteiger charge is -1.97. The molecule has 94 valence electrons. The normalized spacial score (nSPS) is 10.6. The maximum Gasteiger partial charge on any atom is 0.147 e. The zero-order chi connectivity index (χ0) is 13.1. The Morgan fingerprint density at radius 3 is 2.42 bits per heavy atom. The molecular formula is C16H14N2S. The van der Waals surface area contributed by atoms with Gasteiger partial charge in [-0.15, -0.1) is 0 Å². The summed E-state index contributed by atoms with van der Waals surface area (Å²) in [6.45, 7) is 2.09. The number of rotatable bonds is 3. The van der Waals surface area contributed by atoms with Crippen molar-refractivity contribution in [2.24, 2.45) is 0 Å². The fourth-order valence-electron chi connectivity index (χ4n) is 1.92. The molecule has 0 radical (unpaired) electrons. The Morgan fingerprint density at radius 1 is 0.947 bits per heavy atom. The van der Waals surface area contributed by atoms with Gasteiger partial charge in [0.05, 0.1) is 0 Å². The fourth-order valence-corrected chi connectivity index (χ4v) is 2.60. The predicted molar refractivity (Wildman–Crippen MR) is 79.3 cm³/mol. The van der Waals surface area contributed by atoms with Crippen LogP contribution in [0.15, 0.2) is 54.6 Å². The van der Waals surface area contributed by atoms with E-state index >= 15 is 0 Å². The first kappa shape index (κ1) is 12.1. The van der Waals surface area contributed by atoms with E-state index < -0.39 is 0 Å². The highest BCUT2D eigenvalue weighted by atomic mass is 32.1. The monoisotopic (exact) mass is 266 g/mol. The average molecular weight is 266 g/mol. The topological polar surface area (TPSA) is 25.8 Å². The molecule has 0 amide bonds. The van der Waals surface area contributed by atoms with Gasteiger partial charge in [0.1, 0.15) is 10.8 Å². The van der Waals surface area contributed by atoms with E-state index in [1.54, 1.807) is 0 Å². The van der Waals surface area contributed by atoms with Crippen molar-refractivity contribution < 1.29 is 0 Å². The number of aryl methyl sites for hydroxylation is 1. The minimum absolute atomic E-state index is 0.795. The number of benzene rings is 2. The largest absolute Gasteiger partial charge is 0.219 e. The van der Waals surface area contributed by atoms with Gasteiger partial charge in [-0.25, -0.2) is 4.98 Å². The Balaban J connectivity index is 1.82. The summed E-state index contributed by atoms with van der Waals surface area (Å²) in [7, 11) is 0. The van der Waals surface area contributed by atoms with Crippen molar-refractivity contribution >= 4 is 11.5 Å². The highest BCUT2D eigenvalue weighted by Crippen LogP contribution is 2.22. The van der Waals surface area contributed by atoms with Gasteiger partial charge in [-0.05, 0) is 24.0 Å². The van der Waals surface area contributed by atoms with Crippen LogP contribution in [0.3, 0.4) is 0 Å². The Kier molecular flexibility index (Phi) is 3.38. The standard InChI is InChI=1S/C16H14N2S/c1-12-7-9-14(10-8-12)16-17-15(18-19-16)11-13-5-3-2-4-6-13/h2-10H,11H2,1H3. The number of hydrogen-bond donors (Lipinski definition) is 0. The molecule has 19 heavy (non-hydrogen) atoms. The van der Waals surface area contributed by atoms with Crippen LogP contribution >= 0.6 is 11.5 Å².